The Balaban J connectivity index is 2.27. The lowest BCUT2D eigenvalue weighted by Gasteiger charge is -2.04. The average Bonchev–Trinajstić information content (AvgIpc) is 2.35. The van der Waals surface area contributed by atoms with E-state index in [0.29, 0.717) is 5.69 Å². The van der Waals surface area contributed by atoms with Crippen molar-refractivity contribution in [2.24, 2.45) is 0 Å². The normalized spacial score (nSPS) is 10.4. The summed E-state index contributed by atoms with van der Waals surface area (Å²) in [6.45, 7) is 1.49. The molecule has 0 aliphatic rings. The van der Waals surface area contributed by atoms with Crippen molar-refractivity contribution in [1.29, 1.82) is 0 Å². The molecule has 0 fully saturated rings. The molecule has 1 aromatic heterocycles. The summed E-state index contributed by atoms with van der Waals surface area (Å²) in [5.74, 6) is -1.89. The lowest BCUT2D eigenvalue weighted by molar-refractivity contribution is 0.0988. The summed E-state index contributed by atoms with van der Waals surface area (Å²) in [5.41, 5.74) is 0.712. The Labute approximate surface area is 103 Å². The maximum atomic E-state index is 13.5. The van der Waals surface area contributed by atoms with E-state index in [0.717, 1.165) is 6.07 Å². The topological polar surface area (TPSA) is 30.0 Å². The SMILES string of the molecule is Cc1cc(C(=O)Cc2ccccn2)c(F)cc1F. The highest BCUT2D eigenvalue weighted by molar-refractivity contribution is 5.97. The van der Waals surface area contributed by atoms with Crippen LogP contribution < -0.4 is 0 Å². The number of carbonyl (C=O) groups is 1. The first-order valence-electron chi connectivity index (χ1n) is 5.46. The van der Waals surface area contributed by atoms with Gasteiger partial charge in [-0.15, -0.1) is 0 Å². The van der Waals surface area contributed by atoms with Gasteiger partial charge in [0.2, 0.25) is 0 Å². The summed E-state index contributed by atoms with van der Waals surface area (Å²) in [7, 11) is 0. The van der Waals surface area contributed by atoms with E-state index in [1.807, 2.05) is 0 Å². The quantitative estimate of drug-likeness (QED) is 0.780. The van der Waals surface area contributed by atoms with Crippen LogP contribution in [0.25, 0.3) is 0 Å². The maximum absolute atomic E-state index is 13.5. The number of nitrogens with zero attached hydrogens (tertiary/aromatic N) is 1. The van der Waals surface area contributed by atoms with Crippen LogP contribution in [0.5, 0.6) is 0 Å². The van der Waals surface area contributed by atoms with E-state index in [2.05, 4.69) is 4.98 Å². The molecule has 18 heavy (non-hydrogen) atoms. The largest absolute Gasteiger partial charge is 0.294 e. The third-order valence-electron chi connectivity index (χ3n) is 2.62. The number of rotatable bonds is 3. The predicted molar refractivity (Wildman–Crippen MR) is 63.4 cm³/mol. The summed E-state index contributed by atoms with van der Waals surface area (Å²) in [6, 6.07) is 7.14. The van der Waals surface area contributed by atoms with Crippen LogP contribution >= 0.6 is 0 Å². The molecule has 0 spiro atoms. The summed E-state index contributed by atoms with van der Waals surface area (Å²) < 4.78 is 26.6. The molecule has 92 valence electrons. The van der Waals surface area contributed by atoms with Gasteiger partial charge in [-0.25, -0.2) is 8.78 Å². The molecule has 2 aromatic rings. The number of aromatic nitrogens is 1. The minimum atomic E-state index is -0.834. The zero-order valence-electron chi connectivity index (χ0n) is 9.78. The molecule has 0 amide bonds. The summed E-state index contributed by atoms with van der Waals surface area (Å²) in [4.78, 5) is 15.9. The smallest absolute Gasteiger partial charge is 0.171 e. The molecule has 1 heterocycles. The number of benzene rings is 1. The Kier molecular flexibility index (Phi) is 3.46. The fraction of sp³-hybridized carbons (Fsp3) is 0.143. The number of aryl methyl sites for hydroxylation is 1. The van der Waals surface area contributed by atoms with E-state index >= 15 is 0 Å². The van der Waals surface area contributed by atoms with Gasteiger partial charge in [0.25, 0.3) is 0 Å². The number of hydrogen-bond donors (Lipinski definition) is 0. The highest BCUT2D eigenvalue weighted by Crippen LogP contribution is 2.16. The molecule has 2 nitrogen and oxygen atoms in total. The molecule has 0 N–H and O–H groups in total. The molecule has 0 aliphatic heterocycles. The van der Waals surface area contributed by atoms with E-state index in [1.165, 1.54) is 13.0 Å². The first-order valence-corrected chi connectivity index (χ1v) is 5.46. The van der Waals surface area contributed by atoms with E-state index in [-0.39, 0.29) is 17.5 Å². The fourth-order valence-corrected chi connectivity index (χ4v) is 1.63. The molecule has 1 aromatic carbocycles. The molecule has 0 saturated carbocycles. The molecule has 0 radical (unpaired) electrons. The van der Waals surface area contributed by atoms with Crippen LogP contribution in [0.1, 0.15) is 21.6 Å². The van der Waals surface area contributed by atoms with Crippen molar-refractivity contribution < 1.29 is 13.6 Å². The van der Waals surface area contributed by atoms with E-state index in [4.69, 9.17) is 0 Å². The maximum Gasteiger partial charge on any atom is 0.171 e. The minimum absolute atomic E-state index is 0.00281. The van der Waals surface area contributed by atoms with Crippen LogP contribution in [-0.2, 0) is 6.42 Å². The second-order valence-corrected chi connectivity index (χ2v) is 4.00. The lowest BCUT2D eigenvalue weighted by atomic mass is 10.0. The lowest BCUT2D eigenvalue weighted by Crippen LogP contribution is -2.08. The van der Waals surface area contributed by atoms with Crippen molar-refractivity contribution in [1.82, 2.24) is 4.98 Å². The standard InChI is InChI=1S/C14H11F2NO/c1-9-6-11(13(16)8-12(9)15)14(18)7-10-4-2-3-5-17-10/h2-6,8H,7H2,1H3. The molecule has 4 heteroatoms. The van der Waals surface area contributed by atoms with Gasteiger partial charge < -0.3 is 0 Å². The van der Waals surface area contributed by atoms with E-state index in [9.17, 15) is 13.6 Å². The highest BCUT2D eigenvalue weighted by Gasteiger charge is 2.15. The molecule has 0 bridgehead atoms. The molecule has 0 unspecified atom stereocenters. The van der Waals surface area contributed by atoms with Crippen molar-refractivity contribution in [3.05, 3.63) is 65.0 Å². The van der Waals surface area contributed by atoms with Crippen LogP contribution in [0, 0.1) is 18.6 Å². The van der Waals surface area contributed by atoms with Crippen LogP contribution in [-0.4, -0.2) is 10.8 Å². The molecule has 0 aliphatic carbocycles. The van der Waals surface area contributed by atoms with Crippen LogP contribution in [0.3, 0.4) is 0 Å². The van der Waals surface area contributed by atoms with E-state index < -0.39 is 17.4 Å². The van der Waals surface area contributed by atoms with Crippen molar-refractivity contribution in [3.8, 4) is 0 Å². The average molecular weight is 247 g/mol. The van der Waals surface area contributed by atoms with Gasteiger partial charge in [-0.05, 0) is 30.7 Å². The van der Waals surface area contributed by atoms with Crippen molar-refractivity contribution in [2.45, 2.75) is 13.3 Å². The van der Waals surface area contributed by atoms with Gasteiger partial charge >= 0.3 is 0 Å². The summed E-state index contributed by atoms with van der Waals surface area (Å²) >= 11 is 0. The van der Waals surface area contributed by atoms with Crippen molar-refractivity contribution in [3.63, 3.8) is 0 Å². The molecular weight excluding hydrogens is 236 g/mol. The second kappa shape index (κ2) is 5.04. The van der Waals surface area contributed by atoms with Gasteiger partial charge in [0.15, 0.2) is 5.78 Å². The minimum Gasteiger partial charge on any atom is -0.294 e. The number of halogens is 2. The Morgan fingerprint density at radius 3 is 2.67 bits per heavy atom. The van der Waals surface area contributed by atoms with Gasteiger partial charge in [0.05, 0.1) is 12.0 Å². The van der Waals surface area contributed by atoms with Crippen LogP contribution in [0.2, 0.25) is 0 Å². The molecule has 0 saturated heterocycles. The Morgan fingerprint density at radius 1 is 1.22 bits per heavy atom. The van der Waals surface area contributed by atoms with Gasteiger partial charge in [-0.2, -0.15) is 0 Å². The van der Waals surface area contributed by atoms with Crippen molar-refractivity contribution >= 4 is 5.78 Å². The van der Waals surface area contributed by atoms with Gasteiger partial charge in [-0.1, -0.05) is 6.07 Å². The summed E-state index contributed by atoms with van der Waals surface area (Å²) in [5, 5.41) is 0. The third kappa shape index (κ3) is 2.59. The van der Waals surface area contributed by atoms with Gasteiger partial charge in [0, 0.05) is 18.0 Å². The number of pyridine rings is 1. The third-order valence-corrected chi connectivity index (χ3v) is 2.62. The Morgan fingerprint density at radius 2 is 2.00 bits per heavy atom. The first-order chi connectivity index (χ1) is 8.58. The number of Topliss-reactive ketones (excluding diaryl/α,β-unsaturated/α-hetero) is 1. The molecule has 2 rings (SSSR count). The zero-order chi connectivity index (χ0) is 13.1. The van der Waals surface area contributed by atoms with E-state index in [1.54, 1.807) is 24.4 Å². The number of carbonyl (C=O) groups excluding carboxylic acids is 1. The Bertz CT molecular complexity index is 582. The van der Waals surface area contributed by atoms with Crippen molar-refractivity contribution in [2.75, 3.05) is 0 Å². The molecular formula is C14H11F2NO. The van der Waals surface area contributed by atoms with Crippen LogP contribution in [0.4, 0.5) is 8.78 Å². The fourth-order valence-electron chi connectivity index (χ4n) is 1.63. The first kappa shape index (κ1) is 12.4. The highest BCUT2D eigenvalue weighted by atomic mass is 19.1. The van der Waals surface area contributed by atoms with Crippen LogP contribution in [0.15, 0.2) is 36.5 Å². The van der Waals surface area contributed by atoms with Gasteiger partial charge in [0.1, 0.15) is 11.6 Å². The zero-order valence-corrected chi connectivity index (χ0v) is 9.78. The molecule has 0 atom stereocenters. The predicted octanol–water partition coefficient (Wildman–Crippen LogP) is 3.09. The Hall–Kier alpha value is -2.10. The monoisotopic (exact) mass is 247 g/mol. The summed E-state index contributed by atoms with van der Waals surface area (Å²) in [6.07, 6.45) is 1.57. The second-order valence-electron chi connectivity index (χ2n) is 4.00. The van der Waals surface area contributed by atoms with Gasteiger partial charge in [-0.3, -0.25) is 9.78 Å². The number of hydrogen-bond acceptors (Lipinski definition) is 2. The number of ketones is 1.